The van der Waals surface area contributed by atoms with E-state index in [2.05, 4.69) is 15.5 Å². The molecule has 1 unspecified atom stereocenters. The van der Waals surface area contributed by atoms with Gasteiger partial charge in [-0.05, 0) is 64.5 Å². The van der Waals surface area contributed by atoms with Gasteiger partial charge < -0.3 is 14.6 Å². The van der Waals surface area contributed by atoms with Crippen LogP contribution in [0.3, 0.4) is 0 Å². The molecule has 1 saturated heterocycles. The second-order valence-corrected chi connectivity index (χ2v) is 6.04. The molecule has 1 atom stereocenters. The third kappa shape index (κ3) is 2.88. The molecule has 1 aromatic rings. The molecule has 2 aliphatic rings. The lowest BCUT2D eigenvalue weighted by Crippen LogP contribution is -2.27. The lowest BCUT2D eigenvalue weighted by Gasteiger charge is -2.24. The molecule has 2 heterocycles. The van der Waals surface area contributed by atoms with E-state index < -0.39 is 0 Å². The van der Waals surface area contributed by atoms with Crippen molar-refractivity contribution >= 4 is 0 Å². The van der Waals surface area contributed by atoms with Crippen molar-refractivity contribution in [3.63, 3.8) is 0 Å². The van der Waals surface area contributed by atoms with Crippen LogP contribution in [0, 0.1) is 5.92 Å². The van der Waals surface area contributed by atoms with Crippen LogP contribution in [-0.4, -0.2) is 29.8 Å². The molecule has 0 bridgehead atoms. The molecular formula is C15H25N3O2. The molecule has 0 spiro atoms. The van der Waals surface area contributed by atoms with Crippen LogP contribution < -0.4 is 5.32 Å². The maximum Gasteiger partial charge on any atom is 0.226 e. The quantitative estimate of drug-likeness (QED) is 0.866. The van der Waals surface area contributed by atoms with Gasteiger partial charge in [0.15, 0.2) is 0 Å². The van der Waals surface area contributed by atoms with Crippen LogP contribution >= 0.6 is 0 Å². The van der Waals surface area contributed by atoms with Crippen molar-refractivity contribution in [3.05, 3.63) is 11.7 Å². The van der Waals surface area contributed by atoms with Gasteiger partial charge in [0.2, 0.25) is 11.7 Å². The Morgan fingerprint density at radius 1 is 1.40 bits per heavy atom. The average molecular weight is 279 g/mol. The average Bonchev–Trinajstić information content (AvgIpc) is 3.19. The fraction of sp³-hybridized carbons (Fsp3) is 0.867. The van der Waals surface area contributed by atoms with Crippen molar-refractivity contribution in [2.75, 3.05) is 19.7 Å². The Hall–Kier alpha value is -0.940. The minimum absolute atomic E-state index is 0.272. The van der Waals surface area contributed by atoms with E-state index >= 15 is 0 Å². The third-order valence-electron chi connectivity index (χ3n) is 4.64. The molecule has 0 aromatic carbocycles. The minimum atomic E-state index is -0.272. The monoisotopic (exact) mass is 279 g/mol. The van der Waals surface area contributed by atoms with Gasteiger partial charge >= 0.3 is 0 Å². The van der Waals surface area contributed by atoms with Gasteiger partial charge in [0.05, 0.1) is 0 Å². The van der Waals surface area contributed by atoms with Crippen molar-refractivity contribution in [2.24, 2.45) is 5.92 Å². The van der Waals surface area contributed by atoms with Crippen molar-refractivity contribution < 1.29 is 9.26 Å². The van der Waals surface area contributed by atoms with E-state index in [1.807, 2.05) is 6.92 Å². The molecule has 5 heteroatoms. The summed E-state index contributed by atoms with van der Waals surface area (Å²) in [7, 11) is 0. The number of rotatable bonds is 6. The molecule has 1 saturated carbocycles. The van der Waals surface area contributed by atoms with Gasteiger partial charge in [-0.25, -0.2) is 0 Å². The van der Waals surface area contributed by atoms with Crippen LogP contribution in [0.15, 0.2) is 4.52 Å². The zero-order valence-corrected chi connectivity index (χ0v) is 12.4. The normalized spacial score (nSPS) is 25.4. The summed E-state index contributed by atoms with van der Waals surface area (Å²) in [5, 5.41) is 7.60. The van der Waals surface area contributed by atoms with Gasteiger partial charge in [-0.15, -0.1) is 0 Å². The zero-order valence-electron chi connectivity index (χ0n) is 12.4. The van der Waals surface area contributed by atoms with E-state index in [1.54, 1.807) is 0 Å². The number of aryl methyl sites for hydroxylation is 1. The molecule has 5 nitrogen and oxygen atoms in total. The Morgan fingerprint density at radius 2 is 2.25 bits per heavy atom. The molecule has 2 fully saturated rings. The summed E-state index contributed by atoms with van der Waals surface area (Å²) in [6.07, 6.45) is 7.72. The molecular weight excluding hydrogens is 254 g/mol. The summed E-state index contributed by atoms with van der Waals surface area (Å²) >= 11 is 0. The Balaban J connectivity index is 1.62. The Labute approximate surface area is 120 Å². The summed E-state index contributed by atoms with van der Waals surface area (Å²) in [6.45, 7) is 5.02. The molecule has 1 N–H and O–H groups in total. The highest BCUT2D eigenvalue weighted by Crippen LogP contribution is 2.40. The van der Waals surface area contributed by atoms with Crippen molar-refractivity contribution in [3.8, 4) is 0 Å². The predicted octanol–water partition coefficient (Wildman–Crippen LogP) is 2.42. The molecule has 0 amide bonds. The maximum atomic E-state index is 5.97. The fourth-order valence-corrected chi connectivity index (χ4v) is 3.48. The van der Waals surface area contributed by atoms with E-state index in [0.717, 1.165) is 56.4 Å². The predicted molar refractivity (Wildman–Crippen MR) is 75.4 cm³/mol. The van der Waals surface area contributed by atoms with Gasteiger partial charge in [0.25, 0.3) is 0 Å². The van der Waals surface area contributed by atoms with Crippen molar-refractivity contribution in [1.82, 2.24) is 15.5 Å². The molecule has 1 aliphatic heterocycles. The molecule has 1 aliphatic carbocycles. The molecule has 1 aromatic heterocycles. The van der Waals surface area contributed by atoms with Gasteiger partial charge in [0.1, 0.15) is 5.60 Å². The second-order valence-electron chi connectivity index (χ2n) is 6.04. The first-order chi connectivity index (χ1) is 9.82. The van der Waals surface area contributed by atoms with E-state index in [1.165, 1.54) is 19.3 Å². The highest BCUT2D eigenvalue weighted by atomic mass is 16.5. The number of nitrogens with zero attached hydrogens (tertiary/aromatic N) is 2. The van der Waals surface area contributed by atoms with Crippen molar-refractivity contribution in [2.45, 2.75) is 57.5 Å². The number of nitrogens with one attached hydrogen (secondary N) is 1. The number of ether oxygens (including phenoxy) is 1. The molecule has 20 heavy (non-hydrogen) atoms. The highest BCUT2D eigenvalue weighted by Gasteiger charge is 2.40. The fourth-order valence-electron chi connectivity index (χ4n) is 3.48. The van der Waals surface area contributed by atoms with Gasteiger partial charge in [-0.2, -0.15) is 4.98 Å². The zero-order chi connectivity index (χ0) is 13.8. The summed E-state index contributed by atoms with van der Waals surface area (Å²) in [6, 6.07) is 0. The van der Waals surface area contributed by atoms with Crippen LogP contribution in [-0.2, 0) is 16.8 Å². The third-order valence-corrected chi connectivity index (χ3v) is 4.64. The summed E-state index contributed by atoms with van der Waals surface area (Å²) < 4.78 is 11.4. The highest BCUT2D eigenvalue weighted by molar-refractivity contribution is 5.04. The first-order valence-electron chi connectivity index (χ1n) is 8.00. The van der Waals surface area contributed by atoms with E-state index in [9.17, 15) is 0 Å². The minimum Gasteiger partial charge on any atom is -0.367 e. The number of hydrogen-bond acceptors (Lipinski definition) is 5. The largest absolute Gasteiger partial charge is 0.367 e. The van der Waals surface area contributed by atoms with Crippen LogP contribution in [0.5, 0.6) is 0 Å². The van der Waals surface area contributed by atoms with Crippen LogP contribution in [0.25, 0.3) is 0 Å². The lowest BCUT2D eigenvalue weighted by molar-refractivity contribution is -0.0469. The van der Waals surface area contributed by atoms with Gasteiger partial charge in [0, 0.05) is 13.0 Å². The first kappa shape index (κ1) is 14.0. The molecule has 0 radical (unpaired) electrons. The van der Waals surface area contributed by atoms with E-state index in [0.29, 0.717) is 6.61 Å². The summed E-state index contributed by atoms with van der Waals surface area (Å²) in [5.74, 6) is 2.31. The second kappa shape index (κ2) is 6.22. The Morgan fingerprint density at radius 3 is 2.95 bits per heavy atom. The number of hydrogen-bond donors (Lipinski definition) is 1. The van der Waals surface area contributed by atoms with Gasteiger partial charge in [-0.3, -0.25) is 0 Å². The first-order valence-corrected chi connectivity index (χ1v) is 8.00. The Kier molecular flexibility index (Phi) is 4.36. The van der Waals surface area contributed by atoms with Crippen LogP contribution in [0.4, 0.5) is 0 Å². The van der Waals surface area contributed by atoms with E-state index in [-0.39, 0.29) is 5.60 Å². The SMILES string of the molecule is CCOC1(c2noc(CCC3CCNC3)n2)CCCC1. The van der Waals surface area contributed by atoms with Crippen LogP contribution in [0.1, 0.15) is 57.2 Å². The van der Waals surface area contributed by atoms with Gasteiger partial charge in [-0.1, -0.05) is 5.16 Å². The standard InChI is InChI=1S/C15H25N3O2/c1-2-19-15(8-3-4-9-15)14-17-13(20-18-14)6-5-12-7-10-16-11-12/h12,16H,2-11H2,1H3. The summed E-state index contributed by atoms with van der Waals surface area (Å²) in [4.78, 5) is 4.62. The number of aromatic nitrogens is 2. The maximum absolute atomic E-state index is 5.97. The Bertz CT molecular complexity index is 421. The smallest absolute Gasteiger partial charge is 0.226 e. The van der Waals surface area contributed by atoms with Crippen LogP contribution in [0.2, 0.25) is 0 Å². The topological polar surface area (TPSA) is 60.2 Å². The van der Waals surface area contributed by atoms with E-state index in [4.69, 9.17) is 9.26 Å². The van der Waals surface area contributed by atoms with Crippen molar-refractivity contribution in [1.29, 1.82) is 0 Å². The molecule has 3 rings (SSSR count). The molecule has 112 valence electrons. The summed E-state index contributed by atoms with van der Waals surface area (Å²) in [5.41, 5.74) is -0.272. The lowest BCUT2D eigenvalue weighted by atomic mass is 10.0.